The van der Waals surface area contributed by atoms with Crippen LogP contribution in [0.25, 0.3) is 0 Å². The van der Waals surface area contributed by atoms with Crippen molar-refractivity contribution in [2.24, 2.45) is 4.30 Å². The van der Waals surface area contributed by atoms with Crippen LogP contribution in [0.4, 0.5) is 60.0 Å². The van der Waals surface area contributed by atoms with Crippen molar-refractivity contribution in [1.29, 1.82) is 0 Å². The first kappa shape index (κ1) is 84.1. The van der Waals surface area contributed by atoms with Gasteiger partial charge in [0.15, 0.2) is 34.5 Å². The zero-order valence-electron chi connectivity index (χ0n) is 56.4. The van der Waals surface area contributed by atoms with Crippen molar-refractivity contribution < 1.29 is 164 Å². The van der Waals surface area contributed by atoms with Gasteiger partial charge < -0.3 is 50.3 Å². The van der Waals surface area contributed by atoms with E-state index in [4.69, 9.17) is 60.0 Å². The Kier molecular flexibility index (Phi) is 41.5. The van der Waals surface area contributed by atoms with Gasteiger partial charge in [0, 0.05) is 58.9 Å². The number of anilines is 9. The van der Waals surface area contributed by atoms with Crippen LogP contribution >= 0.6 is 99.7 Å². The predicted octanol–water partition coefficient (Wildman–Crippen LogP) is 16.0. The fraction of sp³-hybridized carbons (Fsp3) is 0.153. The van der Waals surface area contributed by atoms with Gasteiger partial charge in [0.2, 0.25) is 0 Å². The molecule has 9 aromatic rings. The van der Waals surface area contributed by atoms with E-state index in [2.05, 4.69) is 218 Å². The van der Waals surface area contributed by atoms with Gasteiger partial charge in [-0.15, -0.1) is 23.2 Å². The number of benzene rings is 9. The fourth-order valence-corrected chi connectivity index (χ4v) is 11.2. The van der Waals surface area contributed by atoms with Crippen LogP contribution in [0.15, 0.2) is 242 Å². The van der Waals surface area contributed by atoms with E-state index in [1.807, 2.05) is 97.1 Å². The average molecular weight is 1700 g/mol. The van der Waals surface area contributed by atoms with Crippen molar-refractivity contribution in [2.45, 2.75) is 38.5 Å². The molecule has 0 saturated heterocycles. The third kappa shape index (κ3) is 26.7. The Balaban J connectivity index is 0.000000454. The van der Waals surface area contributed by atoms with E-state index in [9.17, 15) is 18.4 Å². The molecular weight excluding hydrogens is 1630 g/mol. The van der Waals surface area contributed by atoms with E-state index >= 15 is 0 Å². The van der Waals surface area contributed by atoms with Gasteiger partial charge in [0.05, 0.1) is 57.8 Å². The molecule has 0 saturated carbocycles. The summed E-state index contributed by atoms with van der Waals surface area (Å²) in [7, 11) is 2.34. The van der Waals surface area contributed by atoms with Crippen molar-refractivity contribution in [3.8, 4) is 34.5 Å². The number of rotatable bonds is 16. The van der Waals surface area contributed by atoms with Crippen LogP contribution in [-0.2, 0) is 43.3 Å². The molecule has 0 unspecified atom stereocenters. The average Bonchev–Trinajstić information content (AvgIpc) is 0.776. The van der Waals surface area contributed by atoms with Gasteiger partial charge in [-0.2, -0.15) is 0 Å². The number of carboxylic acids is 1. The smallest absolute Gasteiger partial charge is 1.00 e. The molecule has 9 aromatic carbocycles. The summed E-state index contributed by atoms with van der Waals surface area (Å²) in [5.41, 5.74) is 13.2. The first-order valence-corrected chi connectivity index (χ1v) is 33.4. The van der Waals surface area contributed by atoms with Crippen molar-refractivity contribution in [3.05, 3.63) is 254 Å². The van der Waals surface area contributed by atoms with Crippen LogP contribution in [0.2, 0.25) is 0 Å². The minimum absolute atomic E-state index is 0. The number of nitrogens with zero attached hydrogens (tertiary/aromatic N) is 4. The minimum atomic E-state index is -1.00. The molecule has 26 heteroatoms. The van der Waals surface area contributed by atoms with Gasteiger partial charge >= 0.3 is 139 Å². The van der Waals surface area contributed by atoms with E-state index in [1.165, 1.54) is 22.8 Å². The number of alkyl halides is 4. The summed E-state index contributed by atoms with van der Waals surface area (Å²) in [6, 6.07) is 66.4. The molecular formula is C72H66BBr4Cl2F2K2N4O10S. The van der Waals surface area contributed by atoms with Gasteiger partial charge in [-0.3, -0.25) is 13.6 Å². The number of para-hydroxylation sites is 4. The first-order chi connectivity index (χ1) is 47.5. The predicted molar refractivity (Wildman–Crippen MR) is 399 cm³/mol. The van der Waals surface area contributed by atoms with Crippen LogP contribution in [-0.4, -0.2) is 63.8 Å². The number of aliphatic carboxylic acids is 1. The quantitative estimate of drug-likeness (QED) is 0.0108. The number of carbonyl (C=O) groups is 3. The Bertz CT molecular complexity index is 3910. The van der Waals surface area contributed by atoms with E-state index in [1.54, 1.807) is 0 Å². The van der Waals surface area contributed by atoms with Gasteiger partial charge in [-0.1, -0.05) is 138 Å². The number of fused-ring (bicyclic) bond motifs is 6. The van der Waals surface area contributed by atoms with Crippen LogP contribution in [0.1, 0.15) is 40.1 Å². The summed E-state index contributed by atoms with van der Waals surface area (Å²) in [4.78, 5) is 38.3. The molecule has 0 atom stereocenters. The normalized spacial score (nSPS) is 11.0. The maximum Gasteiger partial charge on any atom is 1.00 e. The molecule has 14 nitrogen and oxygen atoms in total. The van der Waals surface area contributed by atoms with Crippen molar-refractivity contribution in [3.63, 3.8) is 0 Å². The zero-order chi connectivity index (χ0) is 71.4. The number of esters is 1. The van der Waals surface area contributed by atoms with Gasteiger partial charge in [-0.05, 0) is 189 Å². The molecule has 0 spiro atoms. The molecule has 0 fully saturated rings. The third-order valence-electron chi connectivity index (χ3n) is 13.5. The van der Waals surface area contributed by atoms with Crippen molar-refractivity contribution in [1.82, 2.24) is 0 Å². The molecule has 98 heavy (non-hydrogen) atoms. The maximum absolute atomic E-state index is 11.1. The number of aryl methyl sites for hydroxylation is 3. The van der Waals surface area contributed by atoms with E-state index in [0.717, 1.165) is 148 Å². The number of thiol groups is 1. The van der Waals surface area contributed by atoms with E-state index in [-0.39, 0.29) is 117 Å². The zero-order valence-corrected chi connectivity index (χ0v) is 68.4. The molecule has 12 rings (SSSR count). The fourth-order valence-electron chi connectivity index (χ4n) is 9.54. The number of carbonyl (C=O) groups excluding carboxylic acids is 2. The molecule has 3 aliphatic rings. The summed E-state index contributed by atoms with van der Waals surface area (Å²) >= 11 is 28.9. The summed E-state index contributed by atoms with van der Waals surface area (Å²) in [5.74, 6) is 5.03. The Hall–Kier alpha value is -4.52. The van der Waals surface area contributed by atoms with Crippen LogP contribution in [0.3, 0.4) is 0 Å². The Morgan fingerprint density at radius 2 is 0.827 bits per heavy atom. The van der Waals surface area contributed by atoms with Crippen molar-refractivity contribution >= 4 is 177 Å². The molecule has 0 bridgehead atoms. The van der Waals surface area contributed by atoms with Gasteiger partial charge in [-0.25, -0.2) is 9.59 Å². The standard InChI is InChI=1S/C24H19Br2NO3.C21H16Br2ClNO.C21H18ClNO.C3H4O2.2CH3F.CH2O3.BHNS.2K.H/c1-2-24(28)29-13-3-4-16-5-9-19(10-6-16)27-20-11-7-17(25)14-22(20)30-23-15-18(26)8-12-21(23)27;22-15-5-9-18-20(12-15)26-21-13-16(23)6-10-19(21)25(18)17-7-3-14(4-8-17)2-1-11-24;22-15-5-6-16-11-13-17(14-12-16)23-18-7-1-3-9-20(18)24-21-10-4-2-8-19(21)23;1-2-3(4)5;2*1-2;2-1-4-3;1-2-3;;;/h2,5-12,14-15H,1,3-4,13H2;3-10,12-13H,1-2,11H2;1-4,7-14H,5-6,15H2;2H,1H2,(H,4,5);2*1H3;1,3H;3H;;;/q;;;;;;;;2*+1;-1/p-1/i;;;;2*1D;;;;;. The second-order valence-electron chi connectivity index (χ2n) is 19.6. The molecule has 3 heterocycles. The van der Waals surface area contributed by atoms with Crippen LogP contribution < -0.4 is 137 Å². The third-order valence-corrected chi connectivity index (χ3v) is 16.0. The molecule has 1 N–H and O–H groups in total. The summed E-state index contributed by atoms with van der Waals surface area (Å²) in [6.07, 6.45) is 7.63. The maximum atomic E-state index is 11.1. The first-order valence-electron chi connectivity index (χ1n) is 30.2. The Morgan fingerprint density at radius 3 is 1.09 bits per heavy atom. The SMILES string of the molecule is C=CC(=O)O.C=CC(=O)OCCCc1ccc(N2c3ccc(Br)cc3Oc3cc(Br)ccc32)cc1.ClCCCc1ccc(N2c3ccc(Br)cc3Oc3cc(Br)ccc32)cc1.ClCCCc1ccc(N2c3ccccc3Oc3ccccc32)cc1.O=CO[O-].[2H]CF.[2H]CF.[B]=NS.[H-].[K+].[K+]. The number of hydrogen-bond donors (Lipinski definition) is 2. The van der Waals surface area contributed by atoms with Crippen LogP contribution in [0, 0.1) is 0 Å². The number of carboxylic acid groups (broad SMARTS) is 1. The number of ether oxygens (including phenoxy) is 4. The Morgan fingerprint density at radius 1 is 0.561 bits per heavy atom. The topological polar surface area (TPSA) is 163 Å². The molecule has 501 valence electrons. The monoisotopic (exact) mass is 1690 g/mol. The Labute approximate surface area is 710 Å². The largest absolute Gasteiger partial charge is 1.00 e. The van der Waals surface area contributed by atoms with Crippen molar-refractivity contribution in [2.75, 3.05) is 47.4 Å². The van der Waals surface area contributed by atoms with Gasteiger partial charge in [0.25, 0.3) is 6.47 Å². The summed E-state index contributed by atoms with van der Waals surface area (Å²) < 4.78 is 61.0. The summed E-state index contributed by atoms with van der Waals surface area (Å²) in [6.45, 7) is 6.57. The second-order valence-corrected chi connectivity index (χ2v) is 24.3. The molecule has 1 radical (unpaired) electrons. The molecule has 0 aromatic heterocycles. The molecule has 0 amide bonds. The van der Waals surface area contributed by atoms with E-state index < -0.39 is 20.3 Å². The second kappa shape index (κ2) is 48.4. The van der Waals surface area contributed by atoms with Crippen LogP contribution in [0.5, 0.6) is 34.5 Å². The minimum Gasteiger partial charge on any atom is -1.00 e. The summed E-state index contributed by atoms with van der Waals surface area (Å²) in [5, 5.41) is 16.0. The molecule has 3 aliphatic heterocycles. The molecule has 0 aliphatic carbocycles. The number of hydrogen-bond acceptors (Lipinski definition) is 14. The number of halogens is 8. The van der Waals surface area contributed by atoms with E-state index in [0.29, 0.717) is 18.4 Å². The van der Waals surface area contributed by atoms with Gasteiger partial charge in [0.1, 0.15) is 0 Å².